The summed E-state index contributed by atoms with van der Waals surface area (Å²) in [5.74, 6) is 1.06. The summed E-state index contributed by atoms with van der Waals surface area (Å²) in [4.78, 5) is 0. The maximum absolute atomic E-state index is 9.17. The van der Waals surface area contributed by atoms with E-state index in [0.717, 1.165) is 18.3 Å². The quantitative estimate of drug-likeness (QED) is 0.292. The highest BCUT2D eigenvalue weighted by molar-refractivity contribution is 8.06. The third-order valence-electron chi connectivity index (χ3n) is 1.31. The van der Waals surface area contributed by atoms with E-state index in [9.17, 15) is 0 Å². The molecular formula is C6H13O2PS. The van der Waals surface area contributed by atoms with Gasteiger partial charge in [0, 0.05) is 5.75 Å². The van der Waals surface area contributed by atoms with Gasteiger partial charge in [0.15, 0.2) is 6.29 Å². The molecule has 2 unspecified atom stereocenters. The Morgan fingerprint density at radius 2 is 2.50 bits per heavy atom. The Morgan fingerprint density at radius 3 is 3.00 bits per heavy atom. The van der Waals surface area contributed by atoms with Crippen LogP contribution in [-0.2, 0) is 4.74 Å². The minimum absolute atomic E-state index is 0.365. The monoisotopic (exact) mass is 180 g/mol. The second-order valence-electron chi connectivity index (χ2n) is 2.28. The van der Waals surface area contributed by atoms with Crippen LogP contribution in [0.15, 0.2) is 0 Å². The lowest BCUT2D eigenvalue weighted by molar-refractivity contribution is -0.0909. The van der Waals surface area contributed by atoms with Gasteiger partial charge in [-0.2, -0.15) is 11.8 Å². The predicted molar refractivity (Wildman–Crippen MR) is 47.4 cm³/mol. The number of ether oxygens (including phenoxy) is 1. The van der Waals surface area contributed by atoms with Gasteiger partial charge in [-0.05, 0) is 12.6 Å². The van der Waals surface area contributed by atoms with Gasteiger partial charge in [0.1, 0.15) is 0 Å². The summed E-state index contributed by atoms with van der Waals surface area (Å²) in [5, 5.41) is 9.53. The van der Waals surface area contributed by atoms with Crippen molar-refractivity contribution in [1.82, 2.24) is 0 Å². The summed E-state index contributed by atoms with van der Waals surface area (Å²) in [6.07, 6.45) is 1.55. The van der Waals surface area contributed by atoms with E-state index in [1.807, 2.05) is 0 Å². The average molecular weight is 180 g/mol. The fraction of sp³-hybridized carbons (Fsp3) is 1.00. The molecule has 2 nitrogen and oxygen atoms in total. The van der Waals surface area contributed by atoms with Crippen molar-refractivity contribution >= 4 is 21.0 Å². The Morgan fingerprint density at radius 1 is 1.80 bits per heavy atom. The lowest BCUT2D eigenvalue weighted by Gasteiger charge is -2.08. The molecule has 1 heterocycles. The highest BCUT2D eigenvalue weighted by Crippen LogP contribution is 2.33. The first-order valence-corrected chi connectivity index (χ1v) is 5.32. The molecule has 10 heavy (non-hydrogen) atoms. The van der Waals surface area contributed by atoms with Crippen LogP contribution < -0.4 is 0 Å². The van der Waals surface area contributed by atoms with Crippen LogP contribution in [0.2, 0.25) is 0 Å². The van der Waals surface area contributed by atoms with Gasteiger partial charge in [-0.25, -0.2) is 0 Å². The van der Waals surface area contributed by atoms with Gasteiger partial charge < -0.3 is 9.84 Å². The minimum Gasteiger partial charge on any atom is -0.367 e. The van der Waals surface area contributed by atoms with Crippen molar-refractivity contribution in [2.24, 2.45) is 0 Å². The number of aliphatic hydroxyl groups is 1. The Kier molecular flexibility index (Phi) is 4.00. The fourth-order valence-corrected chi connectivity index (χ4v) is 1.30. The molecule has 0 aromatic rings. The van der Waals surface area contributed by atoms with Crippen molar-refractivity contribution in [3.63, 3.8) is 0 Å². The first-order valence-electron chi connectivity index (χ1n) is 3.46. The van der Waals surface area contributed by atoms with Crippen molar-refractivity contribution < 1.29 is 9.84 Å². The average Bonchev–Trinajstić information content (AvgIpc) is 2.69. The largest absolute Gasteiger partial charge is 0.367 e. The highest BCUT2D eigenvalue weighted by atomic mass is 32.2. The lowest BCUT2D eigenvalue weighted by Crippen LogP contribution is -2.18. The van der Waals surface area contributed by atoms with E-state index >= 15 is 0 Å². The van der Waals surface area contributed by atoms with Gasteiger partial charge in [-0.1, -0.05) is 0 Å². The number of hydrogen-bond acceptors (Lipinski definition) is 3. The molecule has 60 valence electrons. The molecule has 0 bridgehead atoms. The summed E-state index contributed by atoms with van der Waals surface area (Å²) in [5.41, 5.74) is 0. The fourth-order valence-electron chi connectivity index (χ4n) is 0.615. The van der Waals surface area contributed by atoms with Gasteiger partial charge >= 0.3 is 0 Å². The molecule has 1 saturated heterocycles. The van der Waals surface area contributed by atoms with Gasteiger partial charge in [-0.15, -0.1) is 9.24 Å². The predicted octanol–water partition coefficient (Wildman–Crippen LogP) is 0.702. The maximum Gasteiger partial charge on any atom is 0.167 e. The number of rotatable bonds is 5. The van der Waals surface area contributed by atoms with Crippen molar-refractivity contribution in [3.8, 4) is 0 Å². The first-order chi connectivity index (χ1) is 4.84. The molecule has 1 aliphatic heterocycles. The molecule has 0 aliphatic carbocycles. The van der Waals surface area contributed by atoms with E-state index in [1.165, 1.54) is 0 Å². The molecule has 1 N–H and O–H groups in total. The van der Waals surface area contributed by atoms with E-state index in [4.69, 9.17) is 9.84 Å². The first kappa shape index (κ1) is 8.79. The summed E-state index contributed by atoms with van der Waals surface area (Å²) in [7, 11) is 2.63. The van der Waals surface area contributed by atoms with Crippen LogP contribution in [0.5, 0.6) is 0 Å². The second-order valence-corrected chi connectivity index (χ2v) is 4.12. The minimum atomic E-state index is -0.512. The van der Waals surface area contributed by atoms with Crippen LogP contribution in [0.25, 0.3) is 0 Å². The van der Waals surface area contributed by atoms with Crippen molar-refractivity contribution in [3.05, 3.63) is 0 Å². The number of aliphatic hydroxyl groups excluding tert-OH is 1. The molecule has 0 spiro atoms. The molecule has 3 atom stereocenters. The van der Waals surface area contributed by atoms with Crippen LogP contribution >= 0.6 is 21.0 Å². The van der Waals surface area contributed by atoms with Crippen molar-refractivity contribution in [2.75, 3.05) is 18.5 Å². The van der Waals surface area contributed by atoms with Gasteiger partial charge in [0.2, 0.25) is 0 Å². The molecule has 0 radical (unpaired) electrons. The second kappa shape index (κ2) is 4.55. The smallest absolute Gasteiger partial charge is 0.167 e. The molecule has 1 aliphatic rings. The summed E-state index contributed by atoms with van der Waals surface area (Å²) >= 11 is 1.75. The topological polar surface area (TPSA) is 29.5 Å². The molecule has 1 fully saturated rings. The Hall–Kier alpha value is 0.700. The molecule has 0 amide bonds. The molecule has 0 saturated carbocycles. The third kappa shape index (κ3) is 3.20. The van der Waals surface area contributed by atoms with E-state index in [1.54, 1.807) is 11.8 Å². The molecule has 0 aromatic carbocycles. The van der Waals surface area contributed by atoms with E-state index in [-0.39, 0.29) is 0 Å². The zero-order chi connectivity index (χ0) is 7.40. The zero-order valence-electron chi connectivity index (χ0n) is 5.82. The van der Waals surface area contributed by atoms with E-state index < -0.39 is 6.29 Å². The third-order valence-corrected chi connectivity index (χ3v) is 2.67. The summed E-state index contributed by atoms with van der Waals surface area (Å²) in [6.45, 7) is 0.682. The molecular weight excluding hydrogens is 167 g/mol. The Bertz CT molecular complexity index is 97.7. The zero-order valence-corrected chi connectivity index (χ0v) is 7.80. The maximum atomic E-state index is 9.17. The summed E-state index contributed by atoms with van der Waals surface area (Å²) < 4.78 is 5.13. The van der Waals surface area contributed by atoms with Gasteiger partial charge in [0.05, 0.1) is 11.9 Å². The van der Waals surface area contributed by atoms with Crippen LogP contribution in [0.4, 0.5) is 0 Å². The standard InChI is InChI=1S/C6H13O2PS/c7-6(5-4-10-5)8-2-1-3-9/h5-7H,1-4,9H2/t5-,6?/m1/s1. The summed E-state index contributed by atoms with van der Waals surface area (Å²) in [6, 6.07) is 0. The Labute approximate surface area is 67.9 Å². The number of hydrogen-bond donors (Lipinski definition) is 1. The lowest BCUT2D eigenvalue weighted by atomic mass is 10.4. The van der Waals surface area contributed by atoms with E-state index in [0.29, 0.717) is 11.9 Å². The van der Waals surface area contributed by atoms with Crippen LogP contribution in [0.3, 0.4) is 0 Å². The van der Waals surface area contributed by atoms with Gasteiger partial charge in [-0.3, -0.25) is 0 Å². The molecule has 1 rings (SSSR count). The Balaban J connectivity index is 1.90. The van der Waals surface area contributed by atoms with Crippen LogP contribution in [-0.4, -0.2) is 35.2 Å². The van der Waals surface area contributed by atoms with Crippen molar-refractivity contribution in [2.45, 2.75) is 18.0 Å². The van der Waals surface area contributed by atoms with Gasteiger partial charge in [0.25, 0.3) is 0 Å². The molecule has 4 heteroatoms. The SMILES string of the molecule is OC(OCCCP)[C@H]1CS1. The van der Waals surface area contributed by atoms with Crippen molar-refractivity contribution in [1.29, 1.82) is 0 Å². The normalized spacial score (nSPS) is 26.4. The van der Waals surface area contributed by atoms with Crippen LogP contribution in [0, 0.1) is 0 Å². The highest BCUT2D eigenvalue weighted by Gasteiger charge is 2.31. The number of thioether (sulfide) groups is 1. The molecule has 0 aromatic heterocycles. The van der Waals surface area contributed by atoms with E-state index in [2.05, 4.69) is 9.24 Å². The van der Waals surface area contributed by atoms with Crippen LogP contribution in [0.1, 0.15) is 6.42 Å².